The van der Waals surface area contributed by atoms with E-state index in [9.17, 15) is 19.5 Å². The molecular formula is C36H37ClN2O6. The van der Waals surface area contributed by atoms with Crippen molar-refractivity contribution in [3.63, 3.8) is 0 Å². The summed E-state index contributed by atoms with van der Waals surface area (Å²) in [7, 11) is 0. The first-order valence-corrected chi connectivity index (χ1v) is 15.0. The second-order valence-corrected chi connectivity index (χ2v) is 12.0. The molecule has 234 valence electrons. The van der Waals surface area contributed by atoms with Gasteiger partial charge >= 0.3 is 12.1 Å². The topological polar surface area (TPSA) is 105 Å². The maximum Gasteiger partial charge on any atom is 0.408 e. The molecule has 0 aliphatic rings. The lowest BCUT2D eigenvalue weighted by Crippen LogP contribution is -2.34. The molecule has 0 aliphatic carbocycles. The minimum Gasteiger partial charge on any atom is -0.481 e. The molecule has 0 saturated carbocycles. The second-order valence-electron chi connectivity index (χ2n) is 11.6. The van der Waals surface area contributed by atoms with E-state index in [1.54, 1.807) is 69.3 Å². The van der Waals surface area contributed by atoms with E-state index in [2.05, 4.69) is 5.32 Å². The van der Waals surface area contributed by atoms with Crippen molar-refractivity contribution in [2.75, 3.05) is 11.4 Å². The molecule has 4 aromatic rings. The summed E-state index contributed by atoms with van der Waals surface area (Å²) in [5.74, 6) is -0.486. The quantitative estimate of drug-likeness (QED) is 0.172. The Bertz CT molecular complexity index is 1630. The lowest BCUT2D eigenvalue weighted by atomic mass is 10.0. The number of ether oxygens (including phenoxy) is 2. The van der Waals surface area contributed by atoms with Gasteiger partial charge in [-0.15, -0.1) is 0 Å². The van der Waals surface area contributed by atoms with Gasteiger partial charge in [-0.1, -0.05) is 66.2 Å². The zero-order valence-corrected chi connectivity index (χ0v) is 26.5. The molecule has 0 radical (unpaired) electrons. The largest absolute Gasteiger partial charge is 0.481 e. The molecule has 1 atom stereocenters. The summed E-state index contributed by atoms with van der Waals surface area (Å²) in [5.41, 5.74) is 3.02. The number of aliphatic carboxylic acids is 1. The molecule has 2 amide bonds. The SMILES string of the molecule is C[C@@H](NC(=O)OC(C)(C)C)c1cccc(Oc2cc(Cl)ccc2N(CCCC(=O)O)C(=O)c2ccc(-c3ccccc3)cc2)c1. The predicted molar refractivity (Wildman–Crippen MR) is 176 cm³/mol. The summed E-state index contributed by atoms with van der Waals surface area (Å²) in [5, 5.41) is 12.5. The molecule has 0 heterocycles. The number of amides is 2. The number of anilines is 1. The first-order valence-electron chi connectivity index (χ1n) is 14.7. The number of halogens is 1. The Labute approximate surface area is 268 Å². The normalized spacial score (nSPS) is 11.8. The molecule has 0 unspecified atom stereocenters. The van der Waals surface area contributed by atoms with Crippen LogP contribution in [-0.2, 0) is 9.53 Å². The van der Waals surface area contributed by atoms with E-state index in [1.165, 1.54) is 4.90 Å². The number of hydrogen-bond acceptors (Lipinski definition) is 5. The van der Waals surface area contributed by atoms with Crippen LogP contribution in [0.3, 0.4) is 0 Å². The number of carboxylic acids is 1. The van der Waals surface area contributed by atoms with E-state index in [0.29, 0.717) is 27.8 Å². The Kier molecular flexibility index (Phi) is 10.9. The number of nitrogens with one attached hydrogen (secondary N) is 1. The Morgan fingerprint density at radius 2 is 1.58 bits per heavy atom. The summed E-state index contributed by atoms with van der Waals surface area (Å²) < 4.78 is 11.7. The van der Waals surface area contributed by atoms with Crippen molar-refractivity contribution < 1.29 is 29.0 Å². The van der Waals surface area contributed by atoms with Crippen LogP contribution in [0.4, 0.5) is 10.5 Å². The Balaban J connectivity index is 1.62. The molecule has 2 N–H and O–H groups in total. The van der Waals surface area contributed by atoms with Crippen LogP contribution in [0.15, 0.2) is 97.1 Å². The van der Waals surface area contributed by atoms with Crippen LogP contribution in [0.5, 0.6) is 11.5 Å². The molecule has 0 bridgehead atoms. The third-order valence-corrected chi connectivity index (χ3v) is 7.02. The van der Waals surface area contributed by atoms with E-state index < -0.39 is 17.7 Å². The molecule has 45 heavy (non-hydrogen) atoms. The van der Waals surface area contributed by atoms with Crippen LogP contribution in [0, 0.1) is 0 Å². The van der Waals surface area contributed by atoms with Gasteiger partial charge in [-0.05, 0) is 87.2 Å². The van der Waals surface area contributed by atoms with E-state index in [0.717, 1.165) is 16.7 Å². The van der Waals surface area contributed by atoms with Crippen molar-refractivity contribution in [2.24, 2.45) is 0 Å². The number of carboxylic acid groups (broad SMARTS) is 1. The Morgan fingerprint density at radius 3 is 2.24 bits per heavy atom. The van der Waals surface area contributed by atoms with Crippen molar-refractivity contribution >= 4 is 35.3 Å². The zero-order chi connectivity index (χ0) is 32.6. The summed E-state index contributed by atoms with van der Waals surface area (Å²) in [6.45, 7) is 7.36. The highest BCUT2D eigenvalue weighted by Gasteiger charge is 2.23. The zero-order valence-electron chi connectivity index (χ0n) is 25.7. The smallest absolute Gasteiger partial charge is 0.408 e. The summed E-state index contributed by atoms with van der Waals surface area (Å²) in [4.78, 5) is 39.1. The molecule has 0 fully saturated rings. The average Bonchev–Trinajstić information content (AvgIpc) is 2.99. The first kappa shape index (κ1) is 33.1. The molecule has 0 spiro atoms. The highest BCUT2D eigenvalue weighted by Crippen LogP contribution is 2.37. The van der Waals surface area contributed by atoms with Crippen molar-refractivity contribution in [1.82, 2.24) is 5.32 Å². The van der Waals surface area contributed by atoms with Crippen molar-refractivity contribution in [1.29, 1.82) is 0 Å². The Hall–Kier alpha value is -4.82. The molecule has 4 aromatic carbocycles. The molecule has 4 rings (SSSR count). The number of nitrogens with zero attached hydrogens (tertiary/aromatic N) is 1. The van der Waals surface area contributed by atoms with Gasteiger partial charge in [0.25, 0.3) is 5.91 Å². The van der Waals surface area contributed by atoms with Crippen LogP contribution < -0.4 is 15.0 Å². The lowest BCUT2D eigenvalue weighted by molar-refractivity contribution is -0.137. The number of carbonyl (C=O) groups excluding carboxylic acids is 2. The number of hydrogen-bond donors (Lipinski definition) is 2. The van der Waals surface area contributed by atoms with Crippen LogP contribution >= 0.6 is 11.6 Å². The van der Waals surface area contributed by atoms with Crippen LogP contribution in [0.25, 0.3) is 11.1 Å². The fraction of sp³-hybridized carbons (Fsp3) is 0.250. The van der Waals surface area contributed by atoms with E-state index in [1.807, 2.05) is 55.5 Å². The fourth-order valence-electron chi connectivity index (χ4n) is 4.65. The third-order valence-electron chi connectivity index (χ3n) is 6.79. The van der Waals surface area contributed by atoms with Gasteiger partial charge in [0, 0.05) is 29.6 Å². The van der Waals surface area contributed by atoms with Gasteiger partial charge in [-0.3, -0.25) is 9.59 Å². The van der Waals surface area contributed by atoms with Gasteiger partial charge in [-0.2, -0.15) is 0 Å². The van der Waals surface area contributed by atoms with Crippen LogP contribution in [0.2, 0.25) is 5.02 Å². The first-order chi connectivity index (χ1) is 21.4. The van der Waals surface area contributed by atoms with Gasteiger partial charge in [0.1, 0.15) is 11.4 Å². The van der Waals surface area contributed by atoms with Gasteiger partial charge in [0.2, 0.25) is 0 Å². The predicted octanol–water partition coefficient (Wildman–Crippen LogP) is 8.90. The summed E-state index contributed by atoms with van der Waals surface area (Å²) >= 11 is 6.38. The highest BCUT2D eigenvalue weighted by atomic mass is 35.5. The number of carbonyl (C=O) groups is 3. The van der Waals surface area contributed by atoms with Crippen molar-refractivity contribution in [3.05, 3.63) is 113 Å². The summed E-state index contributed by atoms with van der Waals surface area (Å²) in [6, 6.07) is 28.9. The molecule has 9 heteroatoms. The lowest BCUT2D eigenvalue weighted by Gasteiger charge is -2.26. The summed E-state index contributed by atoms with van der Waals surface area (Å²) in [6.07, 6.45) is -0.412. The average molecular weight is 629 g/mol. The van der Waals surface area contributed by atoms with Crippen molar-refractivity contribution in [2.45, 2.75) is 52.2 Å². The highest BCUT2D eigenvalue weighted by molar-refractivity contribution is 6.30. The number of rotatable bonds is 11. The van der Waals surface area contributed by atoms with E-state index in [4.69, 9.17) is 21.1 Å². The standard InChI is InChI=1S/C36H37ClN2O6/c1-24(38-35(43)45-36(2,3)4)28-12-8-13-30(22-28)44-32-23-29(37)19-20-31(32)39(21-9-14-33(40)41)34(42)27-17-15-26(16-18-27)25-10-6-5-7-11-25/h5-8,10-13,15-20,22-24H,9,14,21H2,1-4H3,(H,38,43)(H,40,41)/t24-/m1/s1. The molecule has 0 aromatic heterocycles. The third kappa shape index (κ3) is 9.58. The second kappa shape index (κ2) is 14.8. The van der Waals surface area contributed by atoms with Crippen LogP contribution in [-0.4, -0.2) is 35.2 Å². The van der Waals surface area contributed by atoms with Gasteiger partial charge in [0.15, 0.2) is 5.75 Å². The van der Waals surface area contributed by atoms with E-state index in [-0.39, 0.29) is 31.3 Å². The van der Waals surface area contributed by atoms with Gasteiger partial charge in [0.05, 0.1) is 11.7 Å². The maximum atomic E-state index is 13.9. The maximum absolute atomic E-state index is 13.9. The minimum absolute atomic E-state index is 0.106. The Morgan fingerprint density at radius 1 is 0.889 bits per heavy atom. The molecule has 0 saturated heterocycles. The van der Waals surface area contributed by atoms with E-state index >= 15 is 0 Å². The van der Waals surface area contributed by atoms with Crippen LogP contribution in [0.1, 0.15) is 62.5 Å². The number of benzene rings is 4. The van der Waals surface area contributed by atoms with Gasteiger partial charge in [-0.25, -0.2) is 4.79 Å². The fourth-order valence-corrected chi connectivity index (χ4v) is 4.81. The monoisotopic (exact) mass is 628 g/mol. The number of alkyl carbamates (subject to hydrolysis) is 1. The molecule has 8 nitrogen and oxygen atoms in total. The molecule has 0 aliphatic heterocycles. The minimum atomic E-state index is -0.951. The molecular weight excluding hydrogens is 592 g/mol. The van der Waals surface area contributed by atoms with Crippen molar-refractivity contribution in [3.8, 4) is 22.6 Å². The van der Waals surface area contributed by atoms with Gasteiger partial charge < -0.3 is 24.8 Å².